The molecule has 36 heavy (non-hydrogen) atoms. The summed E-state index contributed by atoms with van der Waals surface area (Å²) in [6.07, 6.45) is 2.19. The summed E-state index contributed by atoms with van der Waals surface area (Å²) in [6.45, 7) is 5.45. The normalized spacial score (nSPS) is 16.4. The number of carbonyl (C=O) groups excluding carboxylic acids is 1. The second-order valence-electron chi connectivity index (χ2n) is 9.13. The highest BCUT2D eigenvalue weighted by Gasteiger charge is 2.37. The molecule has 2 atom stereocenters. The molecule has 1 aromatic heterocycles. The topological polar surface area (TPSA) is 103 Å². The number of rotatable bonds is 8. The van der Waals surface area contributed by atoms with Gasteiger partial charge in [0.1, 0.15) is 11.9 Å². The molecule has 7 nitrogen and oxygen atoms in total. The van der Waals surface area contributed by atoms with Crippen LogP contribution < -0.4 is 5.32 Å². The Labute approximate surface area is 214 Å². The molecule has 0 bridgehead atoms. The number of carbonyl (C=O) groups is 1. The van der Waals surface area contributed by atoms with Crippen molar-refractivity contribution in [3.05, 3.63) is 75.5 Å². The number of thiazole rings is 1. The molecule has 188 valence electrons. The Morgan fingerprint density at radius 3 is 2.58 bits per heavy atom. The molecule has 0 saturated heterocycles. The average molecular weight is 527 g/mol. The van der Waals surface area contributed by atoms with Gasteiger partial charge < -0.3 is 5.32 Å². The summed E-state index contributed by atoms with van der Waals surface area (Å²) in [5, 5.41) is 12.4. The molecule has 2 heterocycles. The van der Waals surface area contributed by atoms with Gasteiger partial charge in [0.05, 0.1) is 28.6 Å². The third kappa shape index (κ3) is 5.64. The van der Waals surface area contributed by atoms with E-state index in [2.05, 4.69) is 24.1 Å². The van der Waals surface area contributed by atoms with Crippen molar-refractivity contribution in [2.45, 2.75) is 50.7 Å². The van der Waals surface area contributed by atoms with Gasteiger partial charge in [0.25, 0.3) is 0 Å². The number of anilines is 1. The second kappa shape index (κ2) is 10.5. The van der Waals surface area contributed by atoms with E-state index in [0.29, 0.717) is 29.7 Å². The lowest BCUT2D eigenvalue weighted by molar-refractivity contribution is -0.115. The van der Waals surface area contributed by atoms with E-state index in [1.807, 2.05) is 6.07 Å². The van der Waals surface area contributed by atoms with Crippen LogP contribution in [0.4, 0.5) is 9.52 Å². The van der Waals surface area contributed by atoms with Crippen LogP contribution in [0.3, 0.4) is 0 Å². The first-order valence-corrected chi connectivity index (χ1v) is 14.3. The van der Waals surface area contributed by atoms with E-state index in [-0.39, 0.29) is 28.8 Å². The number of hydrogen-bond donors (Lipinski definition) is 1. The fourth-order valence-corrected chi connectivity index (χ4v) is 6.08. The monoisotopic (exact) mass is 526 g/mol. The second-order valence-corrected chi connectivity index (χ2v) is 12.2. The number of nitrogens with one attached hydrogen (secondary N) is 1. The first kappa shape index (κ1) is 25.9. The molecule has 0 fully saturated rings. The van der Waals surface area contributed by atoms with Crippen molar-refractivity contribution in [1.29, 1.82) is 5.26 Å². The fraction of sp³-hybridized carbons (Fsp3) is 0.346. The number of nitrogens with zero attached hydrogens (tertiary/aromatic N) is 3. The van der Waals surface area contributed by atoms with Gasteiger partial charge in [-0.05, 0) is 41.3 Å². The maximum Gasteiger partial charge on any atom is 0.230 e. The molecule has 3 aromatic rings. The van der Waals surface area contributed by atoms with Crippen LogP contribution in [0, 0.1) is 23.1 Å². The standard InChI is InChI=1S/C26H27FN4O3S2/c1-4-16(2)25-24-22(15-31(25)14-18-5-8-19(13-28)21(27)11-18)35-26(30-24)29-23(32)12-17-6-9-20(10-7-17)36(3,33)34/h5-11,16,25H,4,12,14-15H2,1-3H3,(H,29,30,32)/t16-,25?/m0/s1. The first-order valence-electron chi connectivity index (χ1n) is 11.6. The molecule has 1 amide bonds. The molecule has 1 aliphatic rings. The first-order chi connectivity index (χ1) is 17.1. The van der Waals surface area contributed by atoms with Crippen LogP contribution in [0.2, 0.25) is 0 Å². The number of hydrogen-bond acceptors (Lipinski definition) is 7. The van der Waals surface area contributed by atoms with Crippen LogP contribution in [0.25, 0.3) is 0 Å². The van der Waals surface area contributed by atoms with Gasteiger partial charge in [-0.1, -0.05) is 38.5 Å². The zero-order chi connectivity index (χ0) is 26.0. The Morgan fingerprint density at radius 2 is 1.97 bits per heavy atom. The number of halogens is 1. The minimum Gasteiger partial charge on any atom is -0.302 e. The number of benzene rings is 2. The molecule has 0 saturated carbocycles. The Bertz CT molecular complexity index is 1430. The molecular formula is C26H27FN4O3S2. The van der Waals surface area contributed by atoms with Crippen molar-refractivity contribution in [2.75, 3.05) is 11.6 Å². The molecule has 1 N–H and O–H groups in total. The molecule has 0 radical (unpaired) electrons. The summed E-state index contributed by atoms with van der Waals surface area (Å²) in [5.41, 5.74) is 2.48. The Balaban J connectivity index is 1.46. The predicted octanol–water partition coefficient (Wildman–Crippen LogP) is 4.84. The lowest BCUT2D eigenvalue weighted by atomic mass is 9.96. The Kier molecular flexibility index (Phi) is 7.54. The molecule has 4 rings (SSSR count). The molecule has 1 aliphatic heterocycles. The fourth-order valence-electron chi connectivity index (χ4n) is 4.41. The largest absolute Gasteiger partial charge is 0.302 e. The summed E-state index contributed by atoms with van der Waals surface area (Å²) in [7, 11) is -3.28. The van der Waals surface area contributed by atoms with Gasteiger partial charge in [-0.25, -0.2) is 17.8 Å². The van der Waals surface area contributed by atoms with E-state index in [4.69, 9.17) is 10.2 Å². The Morgan fingerprint density at radius 1 is 1.28 bits per heavy atom. The van der Waals surface area contributed by atoms with Crippen molar-refractivity contribution < 1.29 is 17.6 Å². The number of amides is 1. The maximum atomic E-state index is 14.1. The van der Waals surface area contributed by atoms with E-state index in [1.165, 1.54) is 35.6 Å². The van der Waals surface area contributed by atoms with Crippen molar-refractivity contribution in [2.24, 2.45) is 5.92 Å². The predicted molar refractivity (Wildman–Crippen MR) is 137 cm³/mol. The number of nitriles is 1. The maximum absolute atomic E-state index is 14.1. The van der Waals surface area contributed by atoms with Crippen LogP contribution >= 0.6 is 11.3 Å². The van der Waals surface area contributed by atoms with Crippen molar-refractivity contribution in [3.8, 4) is 6.07 Å². The third-order valence-corrected chi connectivity index (χ3v) is 8.53. The smallest absolute Gasteiger partial charge is 0.230 e. The molecule has 1 unspecified atom stereocenters. The molecule has 2 aromatic carbocycles. The van der Waals surface area contributed by atoms with E-state index in [1.54, 1.807) is 18.2 Å². The summed E-state index contributed by atoms with van der Waals surface area (Å²) >= 11 is 1.44. The van der Waals surface area contributed by atoms with Crippen molar-refractivity contribution in [3.63, 3.8) is 0 Å². The third-order valence-electron chi connectivity index (χ3n) is 6.43. The van der Waals surface area contributed by atoms with Gasteiger partial charge in [0.15, 0.2) is 15.0 Å². The van der Waals surface area contributed by atoms with Crippen molar-refractivity contribution >= 4 is 32.2 Å². The van der Waals surface area contributed by atoms with Gasteiger partial charge in [0, 0.05) is 24.2 Å². The minimum absolute atomic E-state index is 0.0335. The zero-order valence-electron chi connectivity index (χ0n) is 20.3. The van der Waals surface area contributed by atoms with Crippen LogP contribution in [-0.4, -0.2) is 30.5 Å². The summed E-state index contributed by atoms with van der Waals surface area (Å²) in [6, 6.07) is 12.9. The molecule has 0 aliphatic carbocycles. The quantitative estimate of drug-likeness (QED) is 0.451. The highest BCUT2D eigenvalue weighted by atomic mass is 32.2. The van der Waals surface area contributed by atoms with E-state index in [9.17, 15) is 17.6 Å². The Hall–Kier alpha value is -3.13. The van der Waals surface area contributed by atoms with Crippen LogP contribution in [0.1, 0.15) is 53.6 Å². The van der Waals surface area contributed by atoms with Gasteiger partial charge >= 0.3 is 0 Å². The van der Waals surface area contributed by atoms with Crippen molar-refractivity contribution in [1.82, 2.24) is 9.88 Å². The van der Waals surface area contributed by atoms with Crippen LogP contribution in [0.15, 0.2) is 47.4 Å². The van der Waals surface area contributed by atoms with E-state index >= 15 is 0 Å². The minimum atomic E-state index is -3.28. The summed E-state index contributed by atoms with van der Waals surface area (Å²) in [5.74, 6) is -0.439. The molecule has 0 spiro atoms. The van der Waals surface area contributed by atoms with Gasteiger partial charge in [0.2, 0.25) is 5.91 Å². The summed E-state index contributed by atoms with van der Waals surface area (Å²) < 4.78 is 37.4. The summed E-state index contributed by atoms with van der Waals surface area (Å²) in [4.78, 5) is 20.9. The SMILES string of the molecule is CC[C@H](C)C1c2nc(NC(=O)Cc3ccc(S(C)(=O)=O)cc3)sc2CN1Cc1ccc(C#N)c(F)c1. The average Bonchev–Trinajstić information content (AvgIpc) is 3.34. The molecular weight excluding hydrogens is 499 g/mol. The lowest BCUT2D eigenvalue weighted by Gasteiger charge is -2.29. The number of sulfone groups is 1. The van der Waals surface area contributed by atoms with Crippen LogP contribution in [-0.2, 0) is 34.1 Å². The van der Waals surface area contributed by atoms with E-state index < -0.39 is 15.7 Å². The molecule has 10 heteroatoms. The number of aromatic nitrogens is 1. The van der Waals surface area contributed by atoms with Crippen LogP contribution in [0.5, 0.6) is 0 Å². The van der Waals surface area contributed by atoms with Gasteiger partial charge in [-0.2, -0.15) is 5.26 Å². The highest BCUT2D eigenvalue weighted by Crippen LogP contribution is 2.44. The lowest BCUT2D eigenvalue weighted by Crippen LogP contribution is -2.27. The highest BCUT2D eigenvalue weighted by molar-refractivity contribution is 7.90. The van der Waals surface area contributed by atoms with Gasteiger partial charge in [-0.3, -0.25) is 9.69 Å². The van der Waals surface area contributed by atoms with E-state index in [0.717, 1.165) is 28.8 Å². The zero-order valence-corrected chi connectivity index (χ0v) is 21.9. The number of fused-ring (bicyclic) bond motifs is 1. The van der Waals surface area contributed by atoms with Gasteiger partial charge in [-0.15, -0.1) is 11.3 Å².